The molecular formula is C13H11Cl3N2. The van der Waals surface area contributed by atoms with E-state index in [1.807, 2.05) is 19.1 Å². The van der Waals surface area contributed by atoms with Gasteiger partial charge < -0.3 is 5.32 Å². The largest absolute Gasteiger partial charge is 0.378 e. The van der Waals surface area contributed by atoms with Gasteiger partial charge in [0.05, 0.1) is 6.04 Å². The number of pyridine rings is 1. The minimum atomic E-state index is 0.0228. The maximum absolute atomic E-state index is 6.15. The number of nitrogens with zero attached hydrogens (tertiary/aromatic N) is 1. The zero-order valence-corrected chi connectivity index (χ0v) is 11.9. The summed E-state index contributed by atoms with van der Waals surface area (Å²) >= 11 is 18.0. The van der Waals surface area contributed by atoms with Crippen LogP contribution in [0, 0.1) is 0 Å². The first kappa shape index (κ1) is 13.5. The van der Waals surface area contributed by atoms with Crippen LogP contribution in [-0.2, 0) is 0 Å². The van der Waals surface area contributed by atoms with Crippen molar-refractivity contribution in [2.45, 2.75) is 13.0 Å². The van der Waals surface area contributed by atoms with Crippen LogP contribution < -0.4 is 5.32 Å². The Bertz CT molecular complexity index is 558. The van der Waals surface area contributed by atoms with E-state index >= 15 is 0 Å². The summed E-state index contributed by atoms with van der Waals surface area (Å²) in [4.78, 5) is 3.93. The standard InChI is InChI=1S/C13H11Cl3N2/c1-8(11-6-9(14)2-3-12(11)15)18-10-4-5-17-13(16)7-10/h2-8H,1H3,(H,17,18). The van der Waals surface area contributed by atoms with Crippen LogP contribution in [0.1, 0.15) is 18.5 Å². The van der Waals surface area contributed by atoms with Crippen LogP contribution in [0.5, 0.6) is 0 Å². The van der Waals surface area contributed by atoms with E-state index in [1.54, 1.807) is 24.4 Å². The highest BCUT2D eigenvalue weighted by Gasteiger charge is 2.10. The molecule has 2 nitrogen and oxygen atoms in total. The Labute approximate surface area is 121 Å². The van der Waals surface area contributed by atoms with E-state index in [1.165, 1.54) is 0 Å². The third kappa shape index (κ3) is 3.29. The highest BCUT2D eigenvalue weighted by atomic mass is 35.5. The molecule has 0 aliphatic carbocycles. The van der Waals surface area contributed by atoms with E-state index in [2.05, 4.69) is 10.3 Å². The zero-order chi connectivity index (χ0) is 13.1. The van der Waals surface area contributed by atoms with Gasteiger partial charge in [-0.1, -0.05) is 34.8 Å². The lowest BCUT2D eigenvalue weighted by molar-refractivity contribution is 0.884. The molecule has 1 N–H and O–H groups in total. The van der Waals surface area contributed by atoms with Crippen molar-refractivity contribution in [2.24, 2.45) is 0 Å². The van der Waals surface area contributed by atoms with Crippen molar-refractivity contribution in [1.29, 1.82) is 0 Å². The molecule has 18 heavy (non-hydrogen) atoms. The molecule has 0 aliphatic rings. The molecule has 1 aromatic carbocycles. The highest BCUT2D eigenvalue weighted by Crippen LogP contribution is 2.28. The average Bonchev–Trinajstić information content (AvgIpc) is 2.32. The lowest BCUT2D eigenvalue weighted by atomic mass is 10.1. The van der Waals surface area contributed by atoms with Crippen LogP contribution in [0.4, 0.5) is 5.69 Å². The van der Waals surface area contributed by atoms with Gasteiger partial charge in [-0.2, -0.15) is 0 Å². The molecule has 0 saturated heterocycles. The highest BCUT2D eigenvalue weighted by molar-refractivity contribution is 6.33. The molecule has 2 rings (SSSR count). The lowest BCUT2D eigenvalue weighted by Gasteiger charge is -2.17. The van der Waals surface area contributed by atoms with Gasteiger partial charge in [-0.3, -0.25) is 0 Å². The number of hydrogen-bond acceptors (Lipinski definition) is 2. The molecule has 0 radical (unpaired) electrons. The summed E-state index contributed by atoms with van der Waals surface area (Å²) < 4.78 is 0. The second-order valence-corrected chi connectivity index (χ2v) is 5.13. The van der Waals surface area contributed by atoms with Crippen molar-refractivity contribution >= 4 is 40.5 Å². The molecule has 0 aliphatic heterocycles. The fourth-order valence-corrected chi connectivity index (χ4v) is 2.30. The van der Waals surface area contributed by atoms with Crippen molar-refractivity contribution in [3.63, 3.8) is 0 Å². The molecule has 0 amide bonds. The number of hydrogen-bond donors (Lipinski definition) is 1. The summed E-state index contributed by atoms with van der Waals surface area (Å²) in [7, 11) is 0. The van der Waals surface area contributed by atoms with Crippen LogP contribution in [0.3, 0.4) is 0 Å². The fourth-order valence-electron chi connectivity index (χ4n) is 1.67. The Kier molecular flexibility index (Phi) is 4.33. The summed E-state index contributed by atoms with van der Waals surface area (Å²) in [6.45, 7) is 2.01. The van der Waals surface area contributed by atoms with Crippen molar-refractivity contribution < 1.29 is 0 Å². The maximum atomic E-state index is 6.15. The fraction of sp³-hybridized carbons (Fsp3) is 0.154. The number of rotatable bonds is 3. The van der Waals surface area contributed by atoms with Gasteiger partial charge in [0.2, 0.25) is 0 Å². The summed E-state index contributed by atoms with van der Waals surface area (Å²) in [6, 6.07) is 9.04. The Morgan fingerprint density at radius 2 is 1.89 bits per heavy atom. The van der Waals surface area contributed by atoms with E-state index in [4.69, 9.17) is 34.8 Å². The van der Waals surface area contributed by atoms with Gasteiger partial charge in [0.25, 0.3) is 0 Å². The third-order valence-corrected chi connectivity index (χ3v) is 3.32. The summed E-state index contributed by atoms with van der Waals surface area (Å²) in [5.74, 6) is 0. The van der Waals surface area contributed by atoms with Gasteiger partial charge >= 0.3 is 0 Å². The van der Waals surface area contributed by atoms with Crippen LogP contribution in [0.15, 0.2) is 36.5 Å². The van der Waals surface area contributed by atoms with Crippen LogP contribution in [0.25, 0.3) is 0 Å². The Balaban J connectivity index is 2.21. The molecule has 0 spiro atoms. The van der Waals surface area contributed by atoms with Crippen molar-refractivity contribution in [3.05, 3.63) is 57.3 Å². The molecule has 1 aromatic heterocycles. The number of nitrogens with one attached hydrogen (secondary N) is 1. The van der Waals surface area contributed by atoms with Crippen LogP contribution >= 0.6 is 34.8 Å². The zero-order valence-electron chi connectivity index (χ0n) is 9.62. The SMILES string of the molecule is CC(Nc1ccnc(Cl)c1)c1cc(Cl)ccc1Cl. The Hall–Kier alpha value is -0.960. The number of halogens is 3. The summed E-state index contributed by atoms with van der Waals surface area (Å²) in [5, 5.41) is 5.09. The van der Waals surface area contributed by atoms with E-state index in [9.17, 15) is 0 Å². The van der Waals surface area contributed by atoms with Gasteiger partial charge in [-0.25, -0.2) is 4.98 Å². The molecule has 0 bridgehead atoms. The normalized spacial score (nSPS) is 12.2. The van der Waals surface area contributed by atoms with Crippen molar-refractivity contribution in [1.82, 2.24) is 4.98 Å². The molecule has 5 heteroatoms. The molecular weight excluding hydrogens is 291 g/mol. The lowest BCUT2D eigenvalue weighted by Crippen LogP contribution is -2.07. The van der Waals surface area contributed by atoms with Crippen LogP contribution in [0.2, 0.25) is 15.2 Å². The van der Waals surface area contributed by atoms with E-state index in [0.29, 0.717) is 15.2 Å². The first-order chi connectivity index (χ1) is 8.56. The van der Waals surface area contributed by atoms with Gasteiger partial charge in [0.1, 0.15) is 5.15 Å². The van der Waals surface area contributed by atoms with Gasteiger partial charge in [0, 0.05) is 21.9 Å². The first-order valence-corrected chi connectivity index (χ1v) is 6.52. The molecule has 2 aromatic rings. The predicted octanol–water partition coefficient (Wildman–Crippen LogP) is 5.21. The minimum absolute atomic E-state index is 0.0228. The molecule has 0 saturated carbocycles. The predicted molar refractivity (Wildman–Crippen MR) is 77.7 cm³/mol. The van der Waals surface area contributed by atoms with Crippen molar-refractivity contribution in [3.8, 4) is 0 Å². The molecule has 1 unspecified atom stereocenters. The average molecular weight is 302 g/mol. The van der Waals surface area contributed by atoms with E-state index < -0.39 is 0 Å². The molecule has 0 fully saturated rings. The van der Waals surface area contributed by atoms with Gasteiger partial charge in [-0.05, 0) is 42.8 Å². The smallest absolute Gasteiger partial charge is 0.131 e. The Morgan fingerprint density at radius 3 is 2.61 bits per heavy atom. The minimum Gasteiger partial charge on any atom is -0.378 e. The molecule has 1 atom stereocenters. The number of aromatic nitrogens is 1. The second kappa shape index (κ2) is 5.79. The third-order valence-electron chi connectivity index (χ3n) is 2.53. The van der Waals surface area contributed by atoms with Crippen LogP contribution in [-0.4, -0.2) is 4.98 Å². The molecule has 94 valence electrons. The summed E-state index contributed by atoms with van der Waals surface area (Å²) in [5.41, 5.74) is 1.83. The second-order valence-electron chi connectivity index (χ2n) is 3.90. The first-order valence-electron chi connectivity index (χ1n) is 5.39. The summed E-state index contributed by atoms with van der Waals surface area (Å²) in [6.07, 6.45) is 1.65. The maximum Gasteiger partial charge on any atom is 0.131 e. The number of anilines is 1. The quantitative estimate of drug-likeness (QED) is 0.787. The monoisotopic (exact) mass is 300 g/mol. The number of benzene rings is 1. The van der Waals surface area contributed by atoms with Gasteiger partial charge in [0.15, 0.2) is 0 Å². The topological polar surface area (TPSA) is 24.9 Å². The van der Waals surface area contributed by atoms with E-state index in [0.717, 1.165) is 11.3 Å². The van der Waals surface area contributed by atoms with Gasteiger partial charge in [-0.15, -0.1) is 0 Å². The molecule has 1 heterocycles. The van der Waals surface area contributed by atoms with Crippen molar-refractivity contribution in [2.75, 3.05) is 5.32 Å². The van der Waals surface area contributed by atoms with E-state index in [-0.39, 0.29) is 6.04 Å². The Morgan fingerprint density at radius 1 is 1.11 bits per heavy atom.